The zero-order valence-corrected chi connectivity index (χ0v) is 19.4. The van der Waals surface area contributed by atoms with Crippen molar-refractivity contribution in [3.8, 4) is 17.5 Å². The summed E-state index contributed by atoms with van der Waals surface area (Å²) < 4.78 is 1.80. The van der Waals surface area contributed by atoms with E-state index in [-0.39, 0.29) is 16.9 Å². The number of aromatic nitrogens is 5. The summed E-state index contributed by atoms with van der Waals surface area (Å²) in [7, 11) is 0. The highest BCUT2D eigenvalue weighted by Crippen LogP contribution is 2.32. The van der Waals surface area contributed by atoms with Gasteiger partial charge in [0.05, 0.1) is 28.9 Å². The Labute approximate surface area is 204 Å². The first kappa shape index (κ1) is 22.3. The first-order valence-electron chi connectivity index (χ1n) is 10.7. The molecule has 3 aromatic heterocycles. The highest BCUT2D eigenvalue weighted by Gasteiger charge is 2.20. The number of fused-ring (bicyclic) bond motifs is 3. The molecule has 0 aliphatic rings. The molecule has 0 amide bonds. The Morgan fingerprint density at radius 1 is 1.20 bits per heavy atom. The number of aromatic carboxylic acids is 1. The molecule has 5 rings (SSSR count). The van der Waals surface area contributed by atoms with Gasteiger partial charge in [-0.15, -0.1) is 10.2 Å². The zero-order chi connectivity index (χ0) is 24.7. The maximum atomic E-state index is 11.7. The SMILES string of the molecule is Cc1cc(C(C)Nc2ccc(Cl)nc2C(=O)O)c2nc(-c3cccc(C#N)c3)n3cnnc3c2c1. The highest BCUT2D eigenvalue weighted by molar-refractivity contribution is 6.29. The third kappa shape index (κ3) is 4.00. The Balaban J connectivity index is 1.71. The number of benzene rings is 2. The van der Waals surface area contributed by atoms with Crippen LogP contribution in [0.4, 0.5) is 5.69 Å². The molecule has 0 spiro atoms. The maximum absolute atomic E-state index is 11.7. The Morgan fingerprint density at radius 3 is 2.80 bits per heavy atom. The van der Waals surface area contributed by atoms with Crippen LogP contribution in [-0.4, -0.2) is 35.6 Å². The monoisotopic (exact) mass is 483 g/mol. The van der Waals surface area contributed by atoms with Crippen molar-refractivity contribution in [2.24, 2.45) is 0 Å². The van der Waals surface area contributed by atoms with Crippen LogP contribution >= 0.6 is 11.6 Å². The topological polar surface area (TPSA) is 129 Å². The molecule has 2 N–H and O–H groups in total. The molecule has 2 aromatic carbocycles. The van der Waals surface area contributed by atoms with Crippen LogP contribution < -0.4 is 5.32 Å². The Bertz CT molecular complexity index is 1670. The van der Waals surface area contributed by atoms with E-state index in [2.05, 4.69) is 26.6 Å². The summed E-state index contributed by atoms with van der Waals surface area (Å²) in [4.78, 5) is 20.6. The molecule has 10 heteroatoms. The number of carboxylic acid groups (broad SMARTS) is 1. The molecule has 3 heterocycles. The molecule has 9 nitrogen and oxygen atoms in total. The Kier molecular flexibility index (Phi) is 5.51. The minimum absolute atomic E-state index is 0.0988. The van der Waals surface area contributed by atoms with Gasteiger partial charge in [-0.3, -0.25) is 4.40 Å². The average Bonchev–Trinajstić information content (AvgIpc) is 3.34. The zero-order valence-electron chi connectivity index (χ0n) is 18.7. The van der Waals surface area contributed by atoms with E-state index >= 15 is 0 Å². The number of hydrogen-bond donors (Lipinski definition) is 2. The summed E-state index contributed by atoms with van der Waals surface area (Å²) in [5.74, 6) is -0.592. The first-order chi connectivity index (χ1) is 16.9. The van der Waals surface area contributed by atoms with Crippen molar-refractivity contribution in [1.82, 2.24) is 24.6 Å². The van der Waals surface area contributed by atoms with Crippen LogP contribution in [0.3, 0.4) is 0 Å². The molecule has 0 aliphatic carbocycles. The molecule has 0 fully saturated rings. The molecule has 172 valence electrons. The third-order valence-corrected chi connectivity index (χ3v) is 5.88. The van der Waals surface area contributed by atoms with Gasteiger partial charge >= 0.3 is 5.97 Å². The molecule has 35 heavy (non-hydrogen) atoms. The summed E-state index contributed by atoms with van der Waals surface area (Å²) >= 11 is 5.91. The smallest absolute Gasteiger partial charge is 0.356 e. The van der Waals surface area contributed by atoms with Gasteiger partial charge in [0.15, 0.2) is 11.3 Å². The Morgan fingerprint density at radius 2 is 2.03 bits per heavy atom. The summed E-state index contributed by atoms with van der Waals surface area (Å²) in [6, 6.07) is 16.1. The molecule has 1 unspecified atom stereocenters. The van der Waals surface area contributed by atoms with Crippen LogP contribution in [0.15, 0.2) is 54.9 Å². The van der Waals surface area contributed by atoms with Gasteiger partial charge in [0.1, 0.15) is 17.3 Å². The van der Waals surface area contributed by atoms with Crippen LogP contribution in [0, 0.1) is 18.3 Å². The van der Waals surface area contributed by atoms with E-state index in [0.717, 1.165) is 22.1 Å². The van der Waals surface area contributed by atoms with Crippen molar-refractivity contribution in [3.05, 3.63) is 82.4 Å². The fourth-order valence-electron chi connectivity index (χ4n) is 4.12. The van der Waals surface area contributed by atoms with E-state index in [9.17, 15) is 15.2 Å². The largest absolute Gasteiger partial charge is 0.476 e. The van der Waals surface area contributed by atoms with E-state index in [4.69, 9.17) is 16.6 Å². The van der Waals surface area contributed by atoms with E-state index in [0.29, 0.717) is 28.2 Å². The number of anilines is 1. The van der Waals surface area contributed by atoms with Gasteiger partial charge in [-0.2, -0.15) is 5.26 Å². The summed E-state index contributed by atoms with van der Waals surface area (Å²) in [5.41, 5.74) is 4.59. The van der Waals surface area contributed by atoms with E-state index in [1.165, 1.54) is 6.07 Å². The third-order valence-electron chi connectivity index (χ3n) is 5.67. The number of carbonyl (C=O) groups is 1. The van der Waals surface area contributed by atoms with Crippen molar-refractivity contribution in [2.45, 2.75) is 19.9 Å². The normalized spacial score (nSPS) is 11.9. The first-order valence-corrected chi connectivity index (χ1v) is 11.0. The van der Waals surface area contributed by atoms with Gasteiger partial charge in [0.2, 0.25) is 0 Å². The van der Waals surface area contributed by atoms with E-state index in [1.54, 1.807) is 35.0 Å². The van der Waals surface area contributed by atoms with Crippen LogP contribution in [0.25, 0.3) is 27.9 Å². The van der Waals surface area contributed by atoms with Crippen LogP contribution in [0.2, 0.25) is 5.15 Å². The van der Waals surface area contributed by atoms with Crippen LogP contribution in [-0.2, 0) is 0 Å². The van der Waals surface area contributed by atoms with Crippen molar-refractivity contribution in [3.63, 3.8) is 0 Å². The fourth-order valence-corrected chi connectivity index (χ4v) is 4.27. The van der Waals surface area contributed by atoms with Crippen LogP contribution in [0.1, 0.15) is 40.1 Å². The predicted molar refractivity (Wildman–Crippen MR) is 131 cm³/mol. The van der Waals surface area contributed by atoms with Crippen LogP contribution in [0.5, 0.6) is 0 Å². The number of nitrogens with one attached hydrogen (secondary N) is 1. The lowest BCUT2D eigenvalue weighted by atomic mass is 10.00. The quantitative estimate of drug-likeness (QED) is 0.332. The molecule has 0 aliphatic heterocycles. The number of hydrogen-bond acceptors (Lipinski definition) is 7. The second-order valence-corrected chi connectivity index (χ2v) is 8.49. The van der Waals surface area contributed by atoms with E-state index in [1.807, 2.05) is 32.0 Å². The van der Waals surface area contributed by atoms with Crippen molar-refractivity contribution < 1.29 is 9.90 Å². The molecule has 1 atom stereocenters. The number of pyridine rings is 1. The molecule has 0 saturated heterocycles. The van der Waals surface area contributed by atoms with Gasteiger partial charge in [0.25, 0.3) is 0 Å². The average molecular weight is 484 g/mol. The lowest BCUT2D eigenvalue weighted by Crippen LogP contribution is -2.13. The highest BCUT2D eigenvalue weighted by atomic mass is 35.5. The standard InChI is InChI=1S/C25H18ClN7O2/c1-13-8-17(14(2)29-19-6-7-20(26)30-22(19)25(34)35)21-18(9-13)24-32-28-12-33(24)23(31-21)16-5-3-4-15(10-16)11-27/h3-10,12,14,29H,1-2H3,(H,34,35). The Hall–Kier alpha value is -4.55. The lowest BCUT2D eigenvalue weighted by Gasteiger charge is -2.20. The van der Waals surface area contributed by atoms with Gasteiger partial charge in [0, 0.05) is 16.5 Å². The van der Waals surface area contributed by atoms with Crippen molar-refractivity contribution in [1.29, 1.82) is 5.26 Å². The molecular weight excluding hydrogens is 466 g/mol. The molecule has 0 bridgehead atoms. The number of rotatable bonds is 5. The second-order valence-electron chi connectivity index (χ2n) is 8.10. The van der Waals surface area contributed by atoms with Gasteiger partial charge in [-0.05, 0) is 49.7 Å². The maximum Gasteiger partial charge on any atom is 0.356 e. The van der Waals surface area contributed by atoms with Crippen molar-refractivity contribution >= 4 is 39.8 Å². The molecule has 5 aromatic rings. The predicted octanol–water partition coefficient (Wildman–Crippen LogP) is 5.04. The minimum Gasteiger partial charge on any atom is -0.476 e. The molecule has 0 saturated carbocycles. The number of aryl methyl sites for hydroxylation is 1. The summed E-state index contributed by atoms with van der Waals surface area (Å²) in [6.07, 6.45) is 1.60. The van der Waals surface area contributed by atoms with Gasteiger partial charge in [-0.1, -0.05) is 29.8 Å². The number of halogens is 1. The molecule has 0 radical (unpaired) electrons. The number of nitrogens with zero attached hydrogens (tertiary/aromatic N) is 6. The summed E-state index contributed by atoms with van der Waals surface area (Å²) in [5, 5.41) is 31.5. The van der Waals surface area contributed by atoms with Gasteiger partial charge < -0.3 is 10.4 Å². The lowest BCUT2D eigenvalue weighted by molar-refractivity contribution is 0.0691. The summed E-state index contributed by atoms with van der Waals surface area (Å²) in [6.45, 7) is 3.89. The number of carboxylic acids is 1. The van der Waals surface area contributed by atoms with Gasteiger partial charge in [-0.25, -0.2) is 14.8 Å². The second kappa shape index (κ2) is 8.66. The van der Waals surface area contributed by atoms with Crippen molar-refractivity contribution in [2.75, 3.05) is 5.32 Å². The fraction of sp³-hybridized carbons (Fsp3) is 0.120. The number of nitriles is 1. The van der Waals surface area contributed by atoms with E-state index < -0.39 is 5.97 Å². The minimum atomic E-state index is -1.18. The molecular formula is C25H18ClN7O2.